The van der Waals surface area contributed by atoms with Crippen molar-refractivity contribution in [1.29, 1.82) is 0 Å². The zero-order valence-corrected chi connectivity index (χ0v) is 11.2. The summed E-state index contributed by atoms with van der Waals surface area (Å²) in [6.45, 7) is 2.12. The Hall–Kier alpha value is -1.76. The molecule has 1 N–H and O–H groups in total. The minimum atomic E-state index is 0.140. The second-order valence-electron chi connectivity index (χ2n) is 4.79. The Balaban J connectivity index is 1.77. The van der Waals surface area contributed by atoms with Crippen molar-refractivity contribution in [2.24, 2.45) is 5.92 Å². The maximum atomic E-state index is 5.90. The largest absolute Gasteiger partial charge is 0.352 e. The molecule has 100 valence electrons. The molecule has 1 fully saturated rings. The van der Waals surface area contributed by atoms with Crippen LogP contribution in [0.25, 0.3) is 5.95 Å². The Bertz CT molecular complexity index is 552. The van der Waals surface area contributed by atoms with Crippen molar-refractivity contribution in [1.82, 2.24) is 29.7 Å². The van der Waals surface area contributed by atoms with Gasteiger partial charge in [0.25, 0.3) is 5.95 Å². The standard InChI is InChI=1S/C11H14ClN7/c1-7(4-8-2-3-8)15-10-16-9(12)17-11(18-10)19-6-13-5-14-19/h5-8H,2-4H2,1H3,(H,15,16,17,18). The van der Waals surface area contributed by atoms with E-state index in [9.17, 15) is 0 Å². The Morgan fingerprint density at radius 3 is 2.95 bits per heavy atom. The van der Waals surface area contributed by atoms with Gasteiger partial charge in [-0.3, -0.25) is 0 Å². The van der Waals surface area contributed by atoms with Crippen molar-refractivity contribution in [2.75, 3.05) is 5.32 Å². The Kier molecular flexibility index (Phi) is 3.29. The highest BCUT2D eigenvalue weighted by atomic mass is 35.5. The fourth-order valence-electron chi connectivity index (χ4n) is 1.95. The molecule has 0 bridgehead atoms. The predicted molar refractivity (Wildman–Crippen MR) is 70.2 cm³/mol. The Morgan fingerprint density at radius 1 is 1.42 bits per heavy atom. The molecule has 1 aliphatic carbocycles. The normalized spacial score (nSPS) is 16.3. The summed E-state index contributed by atoms with van der Waals surface area (Å²) in [7, 11) is 0. The first-order chi connectivity index (χ1) is 9.20. The number of halogens is 1. The van der Waals surface area contributed by atoms with Gasteiger partial charge in [-0.15, -0.1) is 0 Å². The maximum Gasteiger partial charge on any atom is 0.258 e. The number of nitrogens with zero attached hydrogens (tertiary/aromatic N) is 6. The van der Waals surface area contributed by atoms with Crippen LogP contribution in [0.3, 0.4) is 0 Å². The summed E-state index contributed by atoms with van der Waals surface area (Å²) in [5.41, 5.74) is 0. The van der Waals surface area contributed by atoms with Crippen LogP contribution in [0.2, 0.25) is 5.28 Å². The second kappa shape index (κ2) is 5.08. The lowest BCUT2D eigenvalue weighted by Crippen LogP contribution is -2.19. The van der Waals surface area contributed by atoms with Crippen LogP contribution >= 0.6 is 11.6 Å². The molecule has 1 unspecified atom stereocenters. The molecular weight excluding hydrogens is 266 g/mol. The van der Waals surface area contributed by atoms with Crippen LogP contribution in [0.1, 0.15) is 26.2 Å². The van der Waals surface area contributed by atoms with Gasteiger partial charge < -0.3 is 5.32 Å². The first kappa shape index (κ1) is 12.3. The highest BCUT2D eigenvalue weighted by Crippen LogP contribution is 2.33. The van der Waals surface area contributed by atoms with Crippen molar-refractivity contribution in [3.8, 4) is 5.95 Å². The van der Waals surface area contributed by atoms with E-state index in [4.69, 9.17) is 11.6 Å². The molecule has 2 heterocycles. The molecule has 2 aromatic heterocycles. The van der Waals surface area contributed by atoms with E-state index in [-0.39, 0.29) is 5.28 Å². The summed E-state index contributed by atoms with van der Waals surface area (Å²) in [6, 6.07) is 0.314. The van der Waals surface area contributed by atoms with E-state index in [0.29, 0.717) is 17.9 Å². The van der Waals surface area contributed by atoms with Gasteiger partial charge >= 0.3 is 0 Å². The quantitative estimate of drug-likeness (QED) is 0.897. The zero-order chi connectivity index (χ0) is 13.2. The zero-order valence-electron chi connectivity index (χ0n) is 10.5. The van der Waals surface area contributed by atoms with Crippen LogP contribution < -0.4 is 5.32 Å². The van der Waals surface area contributed by atoms with Gasteiger partial charge in [0.1, 0.15) is 12.7 Å². The van der Waals surface area contributed by atoms with Crippen molar-refractivity contribution in [3.63, 3.8) is 0 Å². The van der Waals surface area contributed by atoms with E-state index in [2.05, 4.69) is 37.3 Å². The van der Waals surface area contributed by atoms with Gasteiger partial charge in [-0.05, 0) is 30.9 Å². The van der Waals surface area contributed by atoms with Gasteiger partial charge in [0.2, 0.25) is 11.2 Å². The number of anilines is 1. The van der Waals surface area contributed by atoms with Crippen molar-refractivity contribution in [3.05, 3.63) is 17.9 Å². The summed E-state index contributed by atoms with van der Waals surface area (Å²) in [5, 5.41) is 7.36. The summed E-state index contributed by atoms with van der Waals surface area (Å²) in [4.78, 5) is 16.2. The third kappa shape index (κ3) is 3.17. The lowest BCUT2D eigenvalue weighted by atomic mass is 10.2. The summed E-state index contributed by atoms with van der Waals surface area (Å²) in [6.07, 6.45) is 6.72. The van der Waals surface area contributed by atoms with Gasteiger partial charge in [0.05, 0.1) is 0 Å². The molecule has 1 saturated carbocycles. The van der Waals surface area contributed by atoms with Crippen LogP contribution in [0.5, 0.6) is 0 Å². The van der Waals surface area contributed by atoms with E-state index in [1.807, 2.05) is 0 Å². The van der Waals surface area contributed by atoms with E-state index >= 15 is 0 Å². The summed E-state index contributed by atoms with van der Waals surface area (Å²) >= 11 is 5.90. The van der Waals surface area contributed by atoms with Gasteiger partial charge in [-0.2, -0.15) is 24.7 Å². The molecule has 0 radical (unpaired) electrons. The number of nitrogens with one attached hydrogen (secondary N) is 1. The van der Waals surface area contributed by atoms with Crippen molar-refractivity contribution < 1.29 is 0 Å². The number of hydrogen-bond acceptors (Lipinski definition) is 6. The van der Waals surface area contributed by atoms with E-state index < -0.39 is 0 Å². The van der Waals surface area contributed by atoms with Gasteiger partial charge in [0.15, 0.2) is 0 Å². The maximum absolute atomic E-state index is 5.90. The van der Waals surface area contributed by atoms with Gasteiger partial charge in [0, 0.05) is 6.04 Å². The lowest BCUT2D eigenvalue weighted by Gasteiger charge is -2.13. The molecule has 8 heteroatoms. The molecule has 19 heavy (non-hydrogen) atoms. The first-order valence-electron chi connectivity index (χ1n) is 6.24. The van der Waals surface area contributed by atoms with Crippen LogP contribution in [-0.4, -0.2) is 35.8 Å². The molecule has 1 atom stereocenters. The van der Waals surface area contributed by atoms with Crippen molar-refractivity contribution in [2.45, 2.75) is 32.2 Å². The monoisotopic (exact) mass is 279 g/mol. The van der Waals surface area contributed by atoms with Gasteiger partial charge in [-0.25, -0.2) is 4.98 Å². The van der Waals surface area contributed by atoms with Crippen LogP contribution in [0.4, 0.5) is 5.95 Å². The number of aromatic nitrogens is 6. The fourth-order valence-corrected chi connectivity index (χ4v) is 2.11. The summed E-state index contributed by atoms with van der Waals surface area (Å²) < 4.78 is 1.45. The van der Waals surface area contributed by atoms with E-state index in [0.717, 1.165) is 12.3 Å². The second-order valence-corrected chi connectivity index (χ2v) is 5.13. The molecule has 7 nitrogen and oxygen atoms in total. The highest BCUT2D eigenvalue weighted by Gasteiger charge is 2.24. The SMILES string of the molecule is CC(CC1CC1)Nc1nc(Cl)nc(-n2cncn2)n1. The molecule has 0 saturated heterocycles. The van der Waals surface area contributed by atoms with Crippen LogP contribution in [0, 0.1) is 5.92 Å². The molecule has 0 spiro atoms. The van der Waals surface area contributed by atoms with E-state index in [1.165, 1.54) is 30.2 Å². The number of hydrogen-bond donors (Lipinski definition) is 1. The first-order valence-corrected chi connectivity index (χ1v) is 6.61. The smallest absolute Gasteiger partial charge is 0.258 e. The average Bonchev–Trinajstić information content (AvgIpc) is 2.99. The molecule has 0 aromatic carbocycles. The Morgan fingerprint density at radius 2 is 2.26 bits per heavy atom. The topological polar surface area (TPSA) is 81.4 Å². The number of rotatable bonds is 5. The fraction of sp³-hybridized carbons (Fsp3) is 0.545. The van der Waals surface area contributed by atoms with E-state index in [1.54, 1.807) is 0 Å². The van der Waals surface area contributed by atoms with Gasteiger partial charge in [-0.1, -0.05) is 12.8 Å². The third-order valence-corrected chi connectivity index (χ3v) is 3.15. The highest BCUT2D eigenvalue weighted by molar-refractivity contribution is 6.28. The molecular formula is C11H14ClN7. The van der Waals surface area contributed by atoms with Crippen molar-refractivity contribution >= 4 is 17.5 Å². The lowest BCUT2D eigenvalue weighted by molar-refractivity contribution is 0.635. The Labute approximate surface area is 115 Å². The minimum absolute atomic E-state index is 0.140. The van der Waals surface area contributed by atoms with Crippen LogP contribution in [-0.2, 0) is 0 Å². The molecule has 0 aliphatic heterocycles. The molecule has 0 amide bonds. The molecule has 3 rings (SSSR count). The van der Waals surface area contributed by atoms with Crippen LogP contribution in [0.15, 0.2) is 12.7 Å². The average molecular weight is 280 g/mol. The predicted octanol–water partition coefficient (Wildman–Crippen LogP) is 1.71. The summed E-state index contributed by atoms with van der Waals surface area (Å²) in [5.74, 6) is 1.67. The third-order valence-electron chi connectivity index (χ3n) is 2.98. The molecule has 2 aromatic rings. The molecule has 1 aliphatic rings. The minimum Gasteiger partial charge on any atom is -0.352 e.